The average molecular weight is 466 g/mol. The molecule has 0 unspecified atom stereocenters. The molecule has 0 aromatic heterocycles. The third kappa shape index (κ3) is 4.41. The SMILES string of the molecule is COc1ccc(Oc2c(Br)cccc2Br)cc1Cc1ccc(F)cc1. The molecule has 0 aliphatic heterocycles. The maximum atomic E-state index is 13.1. The fourth-order valence-electron chi connectivity index (χ4n) is 2.48. The van der Waals surface area contributed by atoms with Gasteiger partial charge in [0.25, 0.3) is 0 Å². The van der Waals surface area contributed by atoms with E-state index in [1.165, 1.54) is 12.1 Å². The van der Waals surface area contributed by atoms with Crippen LogP contribution in [0, 0.1) is 5.82 Å². The molecule has 0 radical (unpaired) electrons. The first-order valence-electron chi connectivity index (χ1n) is 7.60. The van der Waals surface area contributed by atoms with Gasteiger partial charge in [0.15, 0.2) is 5.75 Å². The molecule has 0 saturated carbocycles. The van der Waals surface area contributed by atoms with Crippen molar-refractivity contribution in [1.82, 2.24) is 0 Å². The van der Waals surface area contributed by atoms with Gasteiger partial charge in [0.1, 0.15) is 17.3 Å². The van der Waals surface area contributed by atoms with Crippen LogP contribution in [-0.4, -0.2) is 7.11 Å². The Kier molecular flexibility index (Phi) is 5.76. The van der Waals surface area contributed by atoms with E-state index in [0.717, 1.165) is 25.8 Å². The van der Waals surface area contributed by atoms with Crippen LogP contribution < -0.4 is 9.47 Å². The normalized spacial score (nSPS) is 10.6. The van der Waals surface area contributed by atoms with Gasteiger partial charge < -0.3 is 9.47 Å². The Bertz CT molecular complexity index is 859. The van der Waals surface area contributed by atoms with Crippen molar-refractivity contribution >= 4 is 31.9 Å². The van der Waals surface area contributed by atoms with Gasteiger partial charge in [-0.1, -0.05) is 18.2 Å². The van der Waals surface area contributed by atoms with Crippen molar-refractivity contribution in [3.05, 3.63) is 86.6 Å². The van der Waals surface area contributed by atoms with E-state index in [4.69, 9.17) is 9.47 Å². The van der Waals surface area contributed by atoms with Crippen LogP contribution in [-0.2, 0) is 6.42 Å². The van der Waals surface area contributed by atoms with Crippen molar-refractivity contribution in [3.8, 4) is 17.2 Å². The molecular weight excluding hydrogens is 451 g/mol. The minimum atomic E-state index is -0.244. The highest BCUT2D eigenvalue weighted by Crippen LogP contribution is 2.37. The van der Waals surface area contributed by atoms with Crippen molar-refractivity contribution in [2.75, 3.05) is 7.11 Å². The summed E-state index contributed by atoms with van der Waals surface area (Å²) >= 11 is 6.99. The maximum absolute atomic E-state index is 13.1. The van der Waals surface area contributed by atoms with Crippen LogP contribution >= 0.6 is 31.9 Å². The van der Waals surface area contributed by atoms with Gasteiger partial charge in [-0.05, 0) is 79.9 Å². The quantitative estimate of drug-likeness (QED) is 0.415. The highest BCUT2D eigenvalue weighted by molar-refractivity contribution is 9.11. The van der Waals surface area contributed by atoms with E-state index in [1.54, 1.807) is 19.2 Å². The summed E-state index contributed by atoms with van der Waals surface area (Å²) in [5.74, 6) is 1.93. The molecule has 0 saturated heterocycles. The lowest BCUT2D eigenvalue weighted by atomic mass is 10.0. The summed E-state index contributed by atoms with van der Waals surface area (Å²) in [5.41, 5.74) is 1.97. The maximum Gasteiger partial charge on any atom is 0.155 e. The van der Waals surface area contributed by atoms with Crippen LogP contribution in [0.3, 0.4) is 0 Å². The highest BCUT2D eigenvalue weighted by atomic mass is 79.9. The predicted octanol–water partition coefficient (Wildman–Crippen LogP) is 6.74. The number of halogens is 3. The molecule has 0 heterocycles. The molecule has 25 heavy (non-hydrogen) atoms. The van der Waals surface area contributed by atoms with Crippen molar-refractivity contribution in [1.29, 1.82) is 0 Å². The van der Waals surface area contributed by atoms with Gasteiger partial charge >= 0.3 is 0 Å². The van der Waals surface area contributed by atoms with Crippen molar-refractivity contribution in [2.24, 2.45) is 0 Å². The summed E-state index contributed by atoms with van der Waals surface area (Å²) in [7, 11) is 1.63. The van der Waals surface area contributed by atoms with E-state index in [2.05, 4.69) is 31.9 Å². The van der Waals surface area contributed by atoms with E-state index >= 15 is 0 Å². The van der Waals surface area contributed by atoms with Crippen LogP contribution in [0.25, 0.3) is 0 Å². The van der Waals surface area contributed by atoms with Gasteiger partial charge in [-0.15, -0.1) is 0 Å². The summed E-state index contributed by atoms with van der Waals surface area (Å²) in [6.07, 6.45) is 0.623. The molecule has 3 rings (SSSR count). The Labute approximate surface area is 162 Å². The zero-order valence-corrected chi connectivity index (χ0v) is 16.6. The zero-order valence-electron chi connectivity index (χ0n) is 13.4. The standard InChI is InChI=1S/C20H15Br2FO2/c1-24-19-10-9-16(25-20-17(21)3-2-4-18(20)22)12-14(19)11-13-5-7-15(23)8-6-13/h2-10,12H,11H2,1H3. The van der Waals surface area contributed by atoms with Crippen LogP contribution in [0.4, 0.5) is 4.39 Å². The number of benzene rings is 3. The zero-order chi connectivity index (χ0) is 17.8. The van der Waals surface area contributed by atoms with Gasteiger partial charge in [0, 0.05) is 12.0 Å². The minimum absolute atomic E-state index is 0.244. The number of hydrogen-bond acceptors (Lipinski definition) is 2. The van der Waals surface area contributed by atoms with Crippen molar-refractivity contribution in [3.63, 3.8) is 0 Å². The Balaban J connectivity index is 1.90. The lowest BCUT2D eigenvalue weighted by molar-refractivity contribution is 0.408. The predicted molar refractivity (Wildman–Crippen MR) is 104 cm³/mol. The molecule has 0 fully saturated rings. The molecular formula is C20H15Br2FO2. The fraction of sp³-hybridized carbons (Fsp3) is 0.100. The molecule has 128 valence electrons. The first-order valence-corrected chi connectivity index (χ1v) is 9.18. The Hall–Kier alpha value is -1.85. The Morgan fingerprint density at radius 1 is 0.920 bits per heavy atom. The summed E-state index contributed by atoms with van der Waals surface area (Å²) in [5, 5.41) is 0. The van der Waals surface area contributed by atoms with Gasteiger partial charge in [-0.25, -0.2) is 4.39 Å². The summed E-state index contributed by atoms with van der Waals surface area (Å²) in [6.45, 7) is 0. The molecule has 3 aromatic rings. The summed E-state index contributed by atoms with van der Waals surface area (Å²) in [6, 6.07) is 17.9. The molecule has 3 aromatic carbocycles. The third-order valence-corrected chi connectivity index (χ3v) is 4.95. The molecule has 0 spiro atoms. The molecule has 0 bridgehead atoms. The second kappa shape index (κ2) is 8.02. The van der Waals surface area contributed by atoms with Gasteiger partial charge in [0.2, 0.25) is 0 Å². The Morgan fingerprint density at radius 2 is 1.60 bits per heavy atom. The van der Waals surface area contributed by atoms with E-state index in [1.807, 2.05) is 36.4 Å². The van der Waals surface area contributed by atoms with E-state index in [-0.39, 0.29) is 5.82 Å². The Morgan fingerprint density at radius 3 is 2.24 bits per heavy atom. The number of hydrogen-bond donors (Lipinski definition) is 0. The van der Waals surface area contributed by atoms with Crippen LogP contribution in [0.1, 0.15) is 11.1 Å². The van der Waals surface area contributed by atoms with Gasteiger partial charge in [-0.3, -0.25) is 0 Å². The monoisotopic (exact) mass is 464 g/mol. The second-order valence-electron chi connectivity index (χ2n) is 5.43. The molecule has 0 atom stereocenters. The molecule has 0 aliphatic rings. The lowest BCUT2D eigenvalue weighted by Gasteiger charge is -2.13. The van der Waals surface area contributed by atoms with Crippen LogP contribution in [0.5, 0.6) is 17.2 Å². The number of ether oxygens (including phenoxy) is 2. The largest absolute Gasteiger partial charge is 0.496 e. The molecule has 0 amide bonds. The van der Waals surface area contributed by atoms with Crippen molar-refractivity contribution in [2.45, 2.75) is 6.42 Å². The fourth-order valence-corrected chi connectivity index (χ4v) is 3.64. The first-order chi connectivity index (χ1) is 12.1. The van der Waals surface area contributed by atoms with Crippen LogP contribution in [0.15, 0.2) is 69.6 Å². The van der Waals surface area contributed by atoms with Gasteiger partial charge in [-0.2, -0.15) is 0 Å². The molecule has 2 nitrogen and oxygen atoms in total. The second-order valence-corrected chi connectivity index (χ2v) is 7.14. The molecule has 0 N–H and O–H groups in total. The first kappa shape index (κ1) is 18.0. The summed E-state index contributed by atoms with van der Waals surface area (Å²) in [4.78, 5) is 0. The lowest BCUT2D eigenvalue weighted by Crippen LogP contribution is -1.96. The highest BCUT2D eigenvalue weighted by Gasteiger charge is 2.11. The van der Waals surface area contributed by atoms with E-state index in [0.29, 0.717) is 17.9 Å². The average Bonchev–Trinajstić information content (AvgIpc) is 2.60. The van der Waals surface area contributed by atoms with E-state index in [9.17, 15) is 4.39 Å². The third-order valence-electron chi connectivity index (χ3n) is 3.70. The topological polar surface area (TPSA) is 18.5 Å². The number of rotatable bonds is 5. The smallest absolute Gasteiger partial charge is 0.155 e. The number of para-hydroxylation sites is 1. The van der Waals surface area contributed by atoms with E-state index < -0.39 is 0 Å². The van der Waals surface area contributed by atoms with Crippen molar-refractivity contribution < 1.29 is 13.9 Å². The van der Waals surface area contributed by atoms with Crippen LogP contribution in [0.2, 0.25) is 0 Å². The number of methoxy groups -OCH3 is 1. The molecule has 5 heteroatoms. The minimum Gasteiger partial charge on any atom is -0.496 e. The molecule has 0 aliphatic carbocycles. The summed E-state index contributed by atoms with van der Waals surface area (Å²) < 4.78 is 26.3. The van der Waals surface area contributed by atoms with Gasteiger partial charge in [0.05, 0.1) is 16.1 Å².